The Balaban J connectivity index is 0.000000493. The fourth-order valence-electron chi connectivity index (χ4n) is 4.71. The van der Waals surface area contributed by atoms with Crippen LogP contribution in [-0.4, -0.2) is 65.3 Å². The highest BCUT2D eigenvalue weighted by atomic mass is 19.4. The number of carboxylic acid groups (broad SMARTS) is 1. The molecule has 0 saturated carbocycles. The summed E-state index contributed by atoms with van der Waals surface area (Å²) in [5, 5.41) is 27.2. The second-order valence-electron chi connectivity index (χ2n) is 9.77. The van der Waals surface area contributed by atoms with Crippen LogP contribution >= 0.6 is 0 Å². The SMILES string of the molecule is CC1=C(c2cccc(O)c2)C(c2ccc(OCCN3CC(CF)C3)cc2)Oc2ccc(O)cc21.O=C(O)C(F)(F)F. The van der Waals surface area contributed by atoms with Crippen molar-refractivity contribution < 1.29 is 47.1 Å². The van der Waals surface area contributed by atoms with E-state index in [0.29, 0.717) is 12.4 Å². The van der Waals surface area contributed by atoms with E-state index in [9.17, 15) is 27.8 Å². The van der Waals surface area contributed by atoms with Crippen LogP contribution in [0.5, 0.6) is 23.0 Å². The van der Waals surface area contributed by atoms with Gasteiger partial charge in [0.15, 0.2) is 0 Å². The second kappa shape index (κ2) is 12.5. The number of likely N-dealkylation sites (tertiary alicyclic amines) is 1. The van der Waals surface area contributed by atoms with Gasteiger partial charge in [0, 0.05) is 36.7 Å². The number of benzene rings is 3. The van der Waals surface area contributed by atoms with Crippen LogP contribution in [0, 0.1) is 5.92 Å². The van der Waals surface area contributed by atoms with Crippen molar-refractivity contribution >= 4 is 17.1 Å². The number of phenols is 2. The van der Waals surface area contributed by atoms with Gasteiger partial charge in [0.25, 0.3) is 0 Å². The van der Waals surface area contributed by atoms with Crippen LogP contribution in [0.1, 0.15) is 29.7 Å². The van der Waals surface area contributed by atoms with Gasteiger partial charge in [-0.25, -0.2) is 4.79 Å². The number of aromatic hydroxyl groups is 2. The van der Waals surface area contributed by atoms with Crippen molar-refractivity contribution in [2.75, 3.05) is 32.9 Å². The largest absolute Gasteiger partial charge is 0.508 e. The summed E-state index contributed by atoms with van der Waals surface area (Å²) < 4.78 is 56.6. The van der Waals surface area contributed by atoms with Crippen LogP contribution in [0.25, 0.3) is 11.1 Å². The first-order chi connectivity index (χ1) is 19.5. The van der Waals surface area contributed by atoms with Gasteiger partial charge in [0.1, 0.15) is 35.7 Å². The molecule has 1 unspecified atom stereocenters. The Morgan fingerprint density at radius 2 is 1.68 bits per heavy atom. The number of nitrogens with zero attached hydrogens (tertiary/aromatic N) is 1. The molecule has 41 heavy (non-hydrogen) atoms. The number of ether oxygens (including phenoxy) is 2. The van der Waals surface area contributed by atoms with Gasteiger partial charge in [0.2, 0.25) is 0 Å². The van der Waals surface area contributed by atoms with Crippen molar-refractivity contribution in [3.05, 3.63) is 83.4 Å². The third-order valence-corrected chi connectivity index (χ3v) is 6.79. The van der Waals surface area contributed by atoms with Crippen LogP contribution in [-0.2, 0) is 4.79 Å². The minimum Gasteiger partial charge on any atom is -0.508 e. The molecule has 7 nitrogen and oxygen atoms in total. The summed E-state index contributed by atoms with van der Waals surface area (Å²) >= 11 is 0. The number of alkyl halides is 4. The van der Waals surface area contributed by atoms with Gasteiger partial charge in [-0.1, -0.05) is 24.3 Å². The lowest BCUT2D eigenvalue weighted by molar-refractivity contribution is -0.192. The molecular formula is C30H29F4NO6. The molecule has 3 N–H and O–H groups in total. The number of fused-ring (bicyclic) bond motifs is 1. The normalized spacial score (nSPS) is 17.0. The Bertz CT molecular complexity index is 1400. The average Bonchev–Trinajstić information content (AvgIpc) is 2.90. The quantitative estimate of drug-likeness (QED) is 0.294. The fraction of sp³-hybridized carbons (Fsp3) is 0.300. The van der Waals surface area contributed by atoms with Crippen molar-refractivity contribution in [2.45, 2.75) is 19.2 Å². The summed E-state index contributed by atoms with van der Waals surface area (Å²) in [5.41, 5.74) is 4.56. The topological polar surface area (TPSA) is 99.5 Å². The molecule has 2 heterocycles. The van der Waals surface area contributed by atoms with Gasteiger partial charge in [-0.15, -0.1) is 0 Å². The number of carbonyl (C=O) groups is 1. The highest BCUT2D eigenvalue weighted by Crippen LogP contribution is 2.47. The van der Waals surface area contributed by atoms with Gasteiger partial charge in [-0.2, -0.15) is 13.2 Å². The number of halogens is 4. The Morgan fingerprint density at radius 3 is 2.29 bits per heavy atom. The molecule has 0 spiro atoms. The van der Waals surface area contributed by atoms with E-state index in [1.807, 2.05) is 43.3 Å². The predicted molar refractivity (Wildman–Crippen MR) is 144 cm³/mol. The van der Waals surface area contributed by atoms with Crippen molar-refractivity contribution in [1.82, 2.24) is 4.90 Å². The zero-order valence-corrected chi connectivity index (χ0v) is 22.1. The van der Waals surface area contributed by atoms with E-state index in [4.69, 9.17) is 19.4 Å². The van der Waals surface area contributed by atoms with Gasteiger partial charge in [-0.05, 0) is 66.1 Å². The maximum Gasteiger partial charge on any atom is 0.490 e. The van der Waals surface area contributed by atoms with Crippen LogP contribution in [0.15, 0.2) is 66.7 Å². The van der Waals surface area contributed by atoms with Gasteiger partial charge < -0.3 is 24.8 Å². The Labute approximate surface area is 233 Å². The summed E-state index contributed by atoms with van der Waals surface area (Å²) in [7, 11) is 0. The summed E-state index contributed by atoms with van der Waals surface area (Å²) in [4.78, 5) is 11.1. The van der Waals surface area contributed by atoms with E-state index in [1.54, 1.807) is 30.3 Å². The molecule has 0 aromatic heterocycles. The first-order valence-corrected chi connectivity index (χ1v) is 12.8. The molecule has 0 radical (unpaired) electrons. The number of aliphatic carboxylic acids is 1. The first kappa shape index (κ1) is 29.7. The molecule has 0 bridgehead atoms. The third kappa shape index (κ3) is 7.29. The molecule has 5 rings (SSSR count). The molecule has 1 saturated heterocycles. The molecule has 1 fully saturated rings. The average molecular weight is 576 g/mol. The summed E-state index contributed by atoms with van der Waals surface area (Å²) in [6, 6.07) is 20.1. The van der Waals surface area contributed by atoms with E-state index in [-0.39, 0.29) is 30.2 Å². The number of allylic oxidation sites excluding steroid dienone is 1. The van der Waals surface area contributed by atoms with E-state index in [2.05, 4.69) is 4.90 Å². The highest BCUT2D eigenvalue weighted by Gasteiger charge is 2.38. The smallest absolute Gasteiger partial charge is 0.490 e. The molecule has 11 heteroatoms. The van der Waals surface area contributed by atoms with Crippen molar-refractivity contribution in [1.29, 1.82) is 0 Å². The Morgan fingerprint density at radius 1 is 1.02 bits per heavy atom. The van der Waals surface area contributed by atoms with Crippen molar-refractivity contribution in [2.24, 2.45) is 5.92 Å². The molecule has 1 atom stereocenters. The fourth-order valence-corrected chi connectivity index (χ4v) is 4.71. The maximum absolute atomic E-state index is 12.6. The zero-order valence-electron chi connectivity index (χ0n) is 22.1. The molecule has 218 valence electrons. The number of rotatable bonds is 7. The summed E-state index contributed by atoms with van der Waals surface area (Å²) in [5.74, 6) is -0.747. The Hall–Kier alpha value is -4.25. The molecule has 3 aromatic carbocycles. The van der Waals surface area contributed by atoms with E-state index in [1.165, 1.54) is 0 Å². The first-order valence-electron chi connectivity index (χ1n) is 12.8. The van der Waals surface area contributed by atoms with Crippen LogP contribution < -0.4 is 9.47 Å². The van der Waals surface area contributed by atoms with E-state index >= 15 is 0 Å². The number of carboxylic acids is 1. The lowest BCUT2D eigenvalue weighted by Crippen LogP contribution is -2.49. The number of hydrogen-bond acceptors (Lipinski definition) is 6. The molecule has 2 aliphatic rings. The number of phenolic OH excluding ortho intramolecular Hbond substituents is 2. The maximum atomic E-state index is 12.6. The molecule has 0 amide bonds. The van der Waals surface area contributed by atoms with Gasteiger partial charge in [0.05, 0.1) is 6.67 Å². The molecular weight excluding hydrogens is 546 g/mol. The Kier molecular flexibility index (Phi) is 9.07. The number of hydrogen-bond donors (Lipinski definition) is 3. The second-order valence-corrected chi connectivity index (χ2v) is 9.77. The van der Waals surface area contributed by atoms with Crippen LogP contribution in [0.3, 0.4) is 0 Å². The van der Waals surface area contributed by atoms with Crippen molar-refractivity contribution in [3.63, 3.8) is 0 Å². The predicted octanol–water partition coefficient (Wildman–Crippen LogP) is 6.08. The minimum atomic E-state index is -5.08. The van der Waals surface area contributed by atoms with Gasteiger partial charge >= 0.3 is 12.1 Å². The van der Waals surface area contributed by atoms with E-state index in [0.717, 1.165) is 53.2 Å². The van der Waals surface area contributed by atoms with Crippen molar-refractivity contribution in [3.8, 4) is 23.0 Å². The molecule has 3 aromatic rings. The van der Waals surface area contributed by atoms with Crippen LogP contribution in [0.2, 0.25) is 0 Å². The summed E-state index contributed by atoms with van der Waals surface area (Å²) in [6.45, 7) is 4.72. The lowest BCUT2D eigenvalue weighted by Gasteiger charge is -2.37. The molecule has 2 aliphatic heterocycles. The van der Waals surface area contributed by atoms with E-state index < -0.39 is 12.1 Å². The van der Waals surface area contributed by atoms with Gasteiger partial charge in [-0.3, -0.25) is 9.29 Å². The zero-order chi connectivity index (χ0) is 29.7. The monoisotopic (exact) mass is 575 g/mol. The summed E-state index contributed by atoms with van der Waals surface area (Å²) in [6.07, 6.45) is -5.47. The molecule has 0 aliphatic carbocycles. The standard InChI is InChI=1S/C28H28FNO4.C2HF3O2/c1-18-25-14-23(32)7-10-26(25)34-28(27(18)21-3-2-4-22(31)13-21)20-5-8-24(9-6-20)33-12-11-30-16-19(15-29)17-30;3-2(4,5)1(6)7/h2-10,13-14,19,28,31-32H,11-12,15-17H2,1H3;(H,6,7). The lowest BCUT2D eigenvalue weighted by atomic mass is 9.86. The van der Waals surface area contributed by atoms with Crippen LogP contribution in [0.4, 0.5) is 17.6 Å². The highest BCUT2D eigenvalue weighted by molar-refractivity contribution is 5.95. The third-order valence-electron chi connectivity index (χ3n) is 6.79. The minimum absolute atomic E-state index is 0.176.